The van der Waals surface area contributed by atoms with Crippen LogP contribution in [0, 0.1) is 12.7 Å². The van der Waals surface area contributed by atoms with E-state index in [4.69, 9.17) is 0 Å². The Balaban J connectivity index is 1.56. The number of hydrogen-bond donors (Lipinski definition) is 1. The fourth-order valence-corrected chi connectivity index (χ4v) is 2.76. The summed E-state index contributed by atoms with van der Waals surface area (Å²) >= 11 is 0. The van der Waals surface area contributed by atoms with Crippen LogP contribution in [0.3, 0.4) is 0 Å². The molecule has 3 aromatic heterocycles. The van der Waals surface area contributed by atoms with Crippen molar-refractivity contribution in [1.29, 1.82) is 0 Å². The molecular formula is C16H16FN7. The number of benzene rings is 1. The number of anilines is 1. The Kier molecular flexibility index (Phi) is 3.37. The normalized spacial score (nSPS) is 11.5. The first kappa shape index (κ1) is 14.6. The number of rotatable bonds is 4. The molecular weight excluding hydrogens is 309 g/mol. The number of hydrogen-bond acceptors (Lipinski definition) is 5. The second-order valence-corrected chi connectivity index (χ2v) is 5.79. The number of fused-ring (bicyclic) bond motifs is 2. The predicted octanol–water partition coefficient (Wildman–Crippen LogP) is 2.13. The second-order valence-electron chi connectivity index (χ2n) is 5.79. The molecule has 0 aliphatic rings. The van der Waals surface area contributed by atoms with Gasteiger partial charge in [-0.1, -0.05) is 0 Å². The summed E-state index contributed by atoms with van der Waals surface area (Å²) in [5.41, 5.74) is 4.06. The highest BCUT2D eigenvalue weighted by molar-refractivity contribution is 5.75. The maximum absolute atomic E-state index is 13.3. The summed E-state index contributed by atoms with van der Waals surface area (Å²) in [7, 11) is 1.99. The lowest BCUT2D eigenvalue weighted by Crippen LogP contribution is -2.22. The molecule has 0 unspecified atom stereocenters. The first-order chi connectivity index (χ1) is 11.6. The van der Waals surface area contributed by atoms with Gasteiger partial charge < -0.3 is 9.88 Å². The van der Waals surface area contributed by atoms with Crippen molar-refractivity contribution in [2.75, 3.05) is 18.5 Å². The van der Waals surface area contributed by atoms with Crippen molar-refractivity contribution in [3.8, 4) is 0 Å². The maximum atomic E-state index is 13.3. The first-order valence-electron chi connectivity index (χ1n) is 7.63. The third-order valence-electron chi connectivity index (χ3n) is 3.96. The van der Waals surface area contributed by atoms with Gasteiger partial charge >= 0.3 is 0 Å². The summed E-state index contributed by atoms with van der Waals surface area (Å²) in [6.45, 7) is 2.67. The summed E-state index contributed by atoms with van der Waals surface area (Å²) in [5, 5.41) is 12.4. The number of aromatic amines is 1. The summed E-state index contributed by atoms with van der Waals surface area (Å²) in [6, 6.07) is 6.54. The quantitative estimate of drug-likeness (QED) is 0.622. The summed E-state index contributed by atoms with van der Waals surface area (Å²) in [6.07, 6.45) is 2.29. The standard InChI is InChI=1S/C16H16FN7/c1-10-7-14(16-21-18-9-24(16)22-10)23(2)6-5-15-19-12-4-3-11(17)8-13(12)20-15/h3-4,7-9H,5-6H2,1-2H3,(H,19,20). The molecule has 0 bridgehead atoms. The van der Waals surface area contributed by atoms with Crippen molar-refractivity contribution in [1.82, 2.24) is 29.8 Å². The van der Waals surface area contributed by atoms with Crippen molar-refractivity contribution in [3.63, 3.8) is 0 Å². The lowest BCUT2D eigenvalue weighted by Gasteiger charge is -2.19. The molecule has 0 fully saturated rings. The van der Waals surface area contributed by atoms with Crippen LogP contribution in [0.5, 0.6) is 0 Å². The van der Waals surface area contributed by atoms with Crippen LogP contribution in [0.1, 0.15) is 11.5 Å². The Morgan fingerprint density at radius 1 is 1.29 bits per heavy atom. The molecule has 0 atom stereocenters. The largest absolute Gasteiger partial charge is 0.371 e. The van der Waals surface area contributed by atoms with Crippen LogP contribution in [0.4, 0.5) is 10.1 Å². The number of likely N-dealkylation sites (N-methyl/N-ethyl adjacent to an activating group) is 1. The topological polar surface area (TPSA) is 75.0 Å². The van der Waals surface area contributed by atoms with Gasteiger partial charge in [0.2, 0.25) is 5.65 Å². The van der Waals surface area contributed by atoms with Gasteiger partial charge in [-0.2, -0.15) is 9.61 Å². The molecule has 4 aromatic rings. The van der Waals surface area contributed by atoms with Gasteiger partial charge in [-0.15, -0.1) is 10.2 Å². The molecule has 1 N–H and O–H groups in total. The fourth-order valence-electron chi connectivity index (χ4n) is 2.76. The van der Waals surface area contributed by atoms with E-state index in [-0.39, 0.29) is 5.82 Å². The first-order valence-corrected chi connectivity index (χ1v) is 7.63. The lowest BCUT2D eigenvalue weighted by atomic mass is 10.3. The molecule has 1 aromatic carbocycles. The van der Waals surface area contributed by atoms with Gasteiger partial charge in [0.05, 0.1) is 22.4 Å². The van der Waals surface area contributed by atoms with Crippen LogP contribution in [0.25, 0.3) is 16.7 Å². The van der Waals surface area contributed by atoms with Crippen molar-refractivity contribution in [2.24, 2.45) is 0 Å². The van der Waals surface area contributed by atoms with Crippen LogP contribution in [-0.4, -0.2) is 43.4 Å². The number of halogens is 1. The predicted molar refractivity (Wildman–Crippen MR) is 88.5 cm³/mol. The average Bonchev–Trinajstić information content (AvgIpc) is 3.17. The van der Waals surface area contributed by atoms with E-state index in [1.54, 1.807) is 16.9 Å². The van der Waals surface area contributed by atoms with E-state index < -0.39 is 0 Å². The van der Waals surface area contributed by atoms with Gasteiger partial charge in [0.15, 0.2) is 0 Å². The highest BCUT2D eigenvalue weighted by Crippen LogP contribution is 2.19. The monoisotopic (exact) mass is 325 g/mol. The molecule has 7 nitrogen and oxygen atoms in total. The number of aryl methyl sites for hydroxylation is 1. The molecule has 122 valence electrons. The molecule has 4 rings (SSSR count). The van der Waals surface area contributed by atoms with Crippen molar-refractivity contribution in [3.05, 3.63) is 47.9 Å². The zero-order valence-electron chi connectivity index (χ0n) is 13.4. The van der Waals surface area contributed by atoms with E-state index in [1.165, 1.54) is 12.1 Å². The van der Waals surface area contributed by atoms with Crippen LogP contribution in [-0.2, 0) is 6.42 Å². The van der Waals surface area contributed by atoms with Gasteiger partial charge in [0.25, 0.3) is 0 Å². The summed E-state index contributed by atoms with van der Waals surface area (Å²) < 4.78 is 14.9. The van der Waals surface area contributed by atoms with Crippen molar-refractivity contribution < 1.29 is 4.39 Å². The average molecular weight is 325 g/mol. The lowest BCUT2D eigenvalue weighted by molar-refractivity contribution is 0.629. The minimum atomic E-state index is -0.267. The number of imidazole rings is 1. The molecule has 0 aliphatic carbocycles. The van der Waals surface area contributed by atoms with E-state index in [9.17, 15) is 4.39 Å². The SMILES string of the molecule is Cc1cc(N(C)CCc2nc3ccc(F)cc3[nH]2)c2nncn2n1. The Labute approximate surface area is 137 Å². The minimum absolute atomic E-state index is 0.267. The van der Waals surface area contributed by atoms with E-state index >= 15 is 0 Å². The van der Waals surface area contributed by atoms with Crippen LogP contribution in [0.2, 0.25) is 0 Å². The number of nitrogens with zero attached hydrogens (tertiary/aromatic N) is 6. The van der Waals surface area contributed by atoms with E-state index in [1.807, 2.05) is 20.0 Å². The Bertz CT molecular complexity index is 1020. The van der Waals surface area contributed by atoms with Gasteiger partial charge in [-0.3, -0.25) is 0 Å². The molecule has 8 heteroatoms. The maximum Gasteiger partial charge on any atom is 0.200 e. The Morgan fingerprint density at radius 2 is 2.17 bits per heavy atom. The zero-order valence-corrected chi connectivity index (χ0v) is 13.4. The highest BCUT2D eigenvalue weighted by atomic mass is 19.1. The van der Waals surface area contributed by atoms with Crippen molar-refractivity contribution in [2.45, 2.75) is 13.3 Å². The van der Waals surface area contributed by atoms with Crippen molar-refractivity contribution >= 4 is 22.4 Å². The third-order valence-corrected chi connectivity index (χ3v) is 3.96. The van der Waals surface area contributed by atoms with E-state index in [0.29, 0.717) is 11.9 Å². The summed E-state index contributed by atoms with van der Waals surface area (Å²) in [4.78, 5) is 9.75. The molecule has 0 saturated carbocycles. The van der Waals surface area contributed by atoms with Crippen LogP contribution in [0.15, 0.2) is 30.6 Å². The number of aromatic nitrogens is 6. The molecule has 0 amide bonds. The Morgan fingerprint density at radius 3 is 3.04 bits per heavy atom. The molecule has 3 heterocycles. The highest BCUT2D eigenvalue weighted by Gasteiger charge is 2.12. The third kappa shape index (κ3) is 2.55. The van der Waals surface area contributed by atoms with Gasteiger partial charge in [-0.25, -0.2) is 9.37 Å². The van der Waals surface area contributed by atoms with Crippen LogP contribution < -0.4 is 4.90 Å². The zero-order chi connectivity index (χ0) is 16.7. The fraction of sp³-hybridized carbons (Fsp3) is 0.250. The molecule has 0 radical (unpaired) electrons. The van der Waals surface area contributed by atoms with Gasteiger partial charge in [0.1, 0.15) is 18.0 Å². The molecule has 0 saturated heterocycles. The molecule has 24 heavy (non-hydrogen) atoms. The Hall–Kier alpha value is -3.03. The smallest absolute Gasteiger partial charge is 0.200 e. The summed E-state index contributed by atoms with van der Waals surface area (Å²) in [5.74, 6) is 0.557. The molecule has 0 aliphatic heterocycles. The van der Waals surface area contributed by atoms with Gasteiger partial charge in [0, 0.05) is 20.0 Å². The minimum Gasteiger partial charge on any atom is -0.371 e. The van der Waals surface area contributed by atoms with Gasteiger partial charge in [-0.05, 0) is 31.2 Å². The number of H-pyrrole nitrogens is 1. The number of nitrogens with one attached hydrogen (secondary N) is 1. The van der Waals surface area contributed by atoms with Crippen LogP contribution >= 0.6 is 0 Å². The van der Waals surface area contributed by atoms with E-state index in [0.717, 1.165) is 34.9 Å². The van der Waals surface area contributed by atoms with E-state index in [2.05, 4.69) is 30.2 Å². The second kappa shape index (κ2) is 5.55. The molecule has 0 spiro atoms.